The van der Waals surface area contributed by atoms with Crippen molar-refractivity contribution < 1.29 is 9.53 Å². The average Bonchev–Trinajstić information content (AvgIpc) is 2.61. The van der Waals surface area contributed by atoms with Crippen LogP contribution >= 0.6 is 24.0 Å². The number of thiocarbonyl (C=S) groups is 1. The first-order valence-corrected chi connectivity index (χ1v) is 6.40. The fourth-order valence-electron chi connectivity index (χ4n) is 1.45. The Kier molecular flexibility index (Phi) is 3.81. The Bertz CT molecular complexity index is 497. The molecule has 1 N–H and O–H groups in total. The Hall–Kier alpha value is -1.33. The lowest BCUT2D eigenvalue weighted by atomic mass is 10.2. The van der Waals surface area contributed by atoms with Crippen molar-refractivity contribution in [3.05, 3.63) is 34.7 Å². The highest BCUT2D eigenvalue weighted by Gasteiger charge is 2.22. The molecule has 5 heteroatoms. The number of hydrogen-bond acceptors (Lipinski definition) is 4. The maximum absolute atomic E-state index is 11.5. The number of ether oxygens (including phenoxy) is 1. The molecule has 1 aliphatic heterocycles. The zero-order chi connectivity index (χ0) is 12.3. The first kappa shape index (κ1) is 12.1. The van der Waals surface area contributed by atoms with Gasteiger partial charge in [-0.05, 0) is 19.1 Å². The van der Waals surface area contributed by atoms with Gasteiger partial charge < -0.3 is 10.1 Å². The summed E-state index contributed by atoms with van der Waals surface area (Å²) in [6.07, 6.45) is 1.80. The first-order chi connectivity index (χ1) is 8.20. The molecule has 0 spiro atoms. The van der Waals surface area contributed by atoms with Crippen molar-refractivity contribution in [2.75, 3.05) is 6.61 Å². The quantitative estimate of drug-likeness (QED) is 0.673. The molecule has 2 rings (SSSR count). The van der Waals surface area contributed by atoms with Crippen molar-refractivity contribution in [3.8, 4) is 5.75 Å². The predicted molar refractivity (Wildman–Crippen MR) is 73.9 cm³/mol. The van der Waals surface area contributed by atoms with Crippen LogP contribution < -0.4 is 10.1 Å². The summed E-state index contributed by atoms with van der Waals surface area (Å²) in [4.78, 5) is 12.1. The molecular weight excluding hydrogens is 254 g/mol. The van der Waals surface area contributed by atoms with Gasteiger partial charge in [-0.25, -0.2) is 0 Å². The SMILES string of the molecule is CCOc1ccccc1/C=C1\SC(=S)NC1=O. The van der Waals surface area contributed by atoms with Crippen LogP contribution in [0.4, 0.5) is 0 Å². The molecule has 0 unspecified atom stereocenters. The van der Waals surface area contributed by atoms with Gasteiger partial charge >= 0.3 is 0 Å². The number of benzene rings is 1. The van der Waals surface area contributed by atoms with E-state index >= 15 is 0 Å². The summed E-state index contributed by atoms with van der Waals surface area (Å²) >= 11 is 6.20. The van der Waals surface area contributed by atoms with E-state index < -0.39 is 0 Å². The molecule has 0 bridgehead atoms. The number of carbonyl (C=O) groups is 1. The third kappa shape index (κ3) is 2.87. The molecule has 1 aromatic carbocycles. The van der Waals surface area contributed by atoms with Crippen molar-refractivity contribution in [1.82, 2.24) is 5.32 Å². The largest absolute Gasteiger partial charge is 0.493 e. The lowest BCUT2D eigenvalue weighted by Gasteiger charge is -2.06. The standard InChI is InChI=1S/C12H11NO2S2/c1-2-15-9-6-4-3-5-8(9)7-10-11(14)13-12(16)17-10/h3-7H,2H2,1H3,(H,13,14,16)/b10-7-. The minimum atomic E-state index is -0.147. The van der Waals surface area contributed by atoms with Gasteiger partial charge in [0.15, 0.2) is 0 Å². The summed E-state index contributed by atoms with van der Waals surface area (Å²) in [5, 5.41) is 2.58. The summed E-state index contributed by atoms with van der Waals surface area (Å²) in [6.45, 7) is 2.52. The number of hydrogen-bond donors (Lipinski definition) is 1. The van der Waals surface area contributed by atoms with Crippen LogP contribution in [0.5, 0.6) is 5.75 Å². The Labute approximate surface area is 109 Å². The van der Waals surface area contributed by atoms with Crippen molar-refractivity contribution in [1.29, 1.82) is 0 Å². The van der Waals surface area contributed by atoms with Crippen molar-refractivity contribution in [3.63, 3.8) is 0 Å². The summed E-state index contributed by atoms with van der Waals surface area (Å²) in [5.41, 5.74) is 0.886. The van der Waals surface area contributed by atoms with E-state index in [-0.39, 0.29) is 5.91 Å². The van der Waals surface area contributed by atoms with E-state index in [2.05, 4.69) is 5.32 Å². The van der Waals surface area contributed by atoms with Crippen molar-refractivity contribution >= 4 is 40.3 Å². The molecule has 1 aromatic rings. The summed E-state index contributed by atoms with van der Waals surface area (Å²) in [5.74, 6) is 0.625. The van der Waals surface area contributed by atoms with E-state index in [9.17, 15) is 4.79 Å². The van der Waals surface area contributed by atoms with Crippen LogP contribution in [0, 0.1) is 0 Å². The molecule has 1 fully saturated rings. The zero-order valence-electron chi connectivity index (χ0n) is 9.23. The second kappa shape index (κ2) is 5.33. The minimum Gasteiger partial charge on any atom is -0.493 e. The zero-order valence-corrected chi connectivity index (χ0v) is 10.9. The molecule has 1 amide bonds. The molecule has 0 saturated carbocycles. The van der Waals surface area contributed by atoms with E-state index in [0.29, 0.717) is 15.8 Å². The lowest BCUT2D eigenvalue weighted by molar-refractivity contribution is -0.115. The van der Waals surface area contributed by atoms with Crippen LogP contribution in [0.25, 0.3) is 6.08 Å². The van der Waals surface area contributed by atoms with Gasteiger partial charge in [-0.1, -0.05) is 42.2 Å². The molecule has 1 saturated heterocycles. The molecule has 0 radical (unpaired) electrons. The lowest BCUT2D eigenvalue weighted by Crippen LogP contribution is -2.17. The smallest absolute Gasteiger partial charge is 0.263 e. The highest BCUT2D eigenvalue weighted by Crippen LogP contribution is 2.29. The fraction of sp³-hybridized carbons (Fsp3) is 0.167. The molecule has 88 valence electrons. The monoisotopic (exact) mass is 265 g/mol. The van der Waals surface area contributed by atoms with Crippen LogP contribution in [-0.4, -0.2) is 16.8 Å². The van der Waals surface area contributed by atoms with Gasteiger partial charge in [0, 0.05) is 5.56 Å². The molecule has 0 aromatic heterocycles. The van der Waals surface area contributed by atoms with Gasteiger partial charge in [-0.3, -0.25) is 4.79 Å². The Morgan fingerprint density at radius 2 is 2.24 bits per heavy atom. The summed E-state index contributed by atoms with van der Waals surface area (Å²) in [6, 6.07) is 7.60. The normalized spacial score (nSPS) is 17.4. The van der Waals surface area contributed by atoms with Crippen LogP contribution in [0.1, 0.15) is 12.5 Å². The van der Waals surface area contributed by atoms with Gasteiger partial charge in [0.1, 0.15) is 10.1 Å². The Morgan fingerprint density at radius 3 is 2.88 bits per heavy atom. The predicted octanol–water partition coefficient (Wildman–Crippen LogP) is 2.57. The topological polar surface area (TPSA) is 38.3 Å². The molecule has 3 nitrogen and oxygen atoms in total. The van der Waals surface area contributed by atoms with Gasteiger partial charge in [0.2, 0.25) is 0 Å². The third-order valence-corrected chi connectivity index (χ3v) is 3.31. The van der Waals surface area contributed by atoms with Gasteiger partial charge in [0.25, 0.3) is 5.91 Å². The Morgan fingerprint density at radius 1 is 1.47 bits per heavy atom. The van der Waals surface area contributed by atoms with Crippen LogP contribution in [-0.2, 0) is 4.79 Å². The number of thioether (sulfide) groups is 1. The summed E-state index contributed by atoms with van der Waals surface area (Å²) in [7, 11) is 0. The van der Waals surface area contributed by atoms with Crippen molar-refractivity contribution in [2.24, 2.45) is 0 Å². The van der Waals surface area contributed by atoms with Gasteiger partial charge in [-0.15, -0.1) is 0 Å². The van der Waals surface area contributed by atoms with Crippen LogP contribution in [0.3, 0.4) is 0 Å². The average molecular weight is 265 g/mol. The Balaban J connectivity index is 2.32. The molecular formula is C12H11NO2S2. The molecule has 0 aliphatic carbocycles. The second-order valence-electron chi connectivity index (χ2n) is 3.32. The summed E-state index contributed by atoms with van der Waals surface area (Å²) < 4.78 is 5.99. The van der Waals surface area contributed by atoms with E-state index in [1.807, 2.05) is 31.2 Å². The highest BCUT2D eigenvalue weighted by atomic mass is 32.2. The number of para-hydroxylation sites is 1. The third-order valence-electron chi connectivity index (χ3n) is 2.15. The molecule has 17 heavy (non-hydrogen) atoms. The van der Waals surface area contributed by atoms with E-state index in [0.717, 1.165) is 11.3 Å². The van der Waals surface area contributed by atoms with E-state index in [1.54, 1.807) is 6.08 Å². The van der Waals surface area contributed by atoms with Gasteiger partial charge in [-0.2, -0.15) is 0 Å². The molecule has 0 atom stereocenters. The van der Waals surface area contributed by atoms with Crippen LogP contribution in [0.2, 0.25) is 0 Å². The molecule has 1 heterocycles. The number of rotatable bonds is 3. The second-order valence-corrected chi connectivity index (χ2v) is 5.04. The van der Waals surface area contributed by atoms with E-state index in [4.69, 9.17) is 17.0 Å². The maximum Gasteiger partial charge on any atom is 0.263 e. The first-order valence-electron chi connectivity index (χ1n) is 5.17. The number of carbonyl (C=O) groups excluding carboxylic acids is 1. The highest BCUT2D eigenvalue weighted by molar-refractivity contribution is 8.26. The van der Waals surface area contributed by atoms with Crippen molar-refractivity contribution in [2.45, 2.75) is 6.92 Å². The minimum absolute atomic E-state index is 0.147. The van der Waals surface area contributed by atoms with E-state index in [1.165, 1.54) is 11.8 Å². The van der Waals surface area contributed by atoms with Crippen LogP contribution in [0.15, 0.2) is 29.2 Å². The maximum atomic E-state index is 11.5. The fourth-order valence-corrected chi connectivity index (χ4v) is 2.48. The number of nitrogens with one attached hydrogen (secondary N) is 1. The number of amides is 1. The van der Waals surface area contributed by atoms with Gasteiger partial charge in [0.05, 0.1) is 11.5 Å². The molecule has 1 aliphatic rings.